The number of carbonyl (C=O) groups excluding carboxylic acids is 1. The molecule has 0 heterocycles. The van der Waals surface area contributed by atoms with E-state index in [2.05, 4.69) is 10.6 Å². The Labute approximate surface area is 103 Å². The van der Waals surface area contributed by atoms with E-state index in [1.807, 2.05) is 27.7 Å². The van der Waals surface area contributed by atoms with Gasteiger partial charge in [0, 0.05) is 25.6 Å². The van der Waals surface area contributed by atoms with Gasteiger partial charge in [0.1, 0.15) is 0 Å². The molecule has 0 fully saturated rings. The summed E-state index contributed by atoms with van der Waals surface area (Å²) in [7, 11) is 0. The third kappa shape index (κ3) is 7.74. The third-order valence-corrected chi connectivity index (χ3v) is 2.55. The van der Waals surface area contributed by atoms with Gasteiger partial charge in [-0.05, 0) is 5.92 Å². The zero-order valence-corrected chi connectivity index (χ0v) is 11.1. The molecular weight excluding hydrogens is 220 g/mol. The molecule has 1 atom stereocenters. The fraction of sp³-hybridized carbons (Fsp3) is 0.833. The van der Waals surface area contributed by atoms with Crippen molar-refractivity contribution in [1.29, 1.82) is 0 Å². The summed E-state index contributed by atoms with van der Waals surface area (Å²) in [4.78, 5) is 22.3. The molecular formula is C12H24N2O3. The summed E-state index contributed by atoms with van der Waals surface area (Å²) in [5.41, 5.74) is 0. The molecule has 0 aromatic rings. The van der Waals surface area contributed by atoms with Crippen LogP contribution in [0.4, 0.5) is 0 Å². The molecule has 0 saturated carbocycles. The Morgan fingerprint density at radius 3 is 2.18 bits per heavy atom. The third-order valence-electron chi connectivity index (χ3n) is 2.55. The lowest BCUT2D eigenvalue weighted by Crippen LogP contribution is -2.37. The lowest BCUT2D eigenvalue weighted by molar-refractivity contribution is -0.143. The number of nitrogens with one attached hydrogen (secondary N) is 2. The Kier molecular flexibility index (Phi) is 7.54. The Balaban J connectivity index is 3.85. The van der Waals surface area contributed by atoms with Crippen molar-refractivity contribution in [1.82, 2.24) is 10.6 Å². The minimum absolute atomic E-state index is 0.0154. The second-order valence-corrected chi connectivity index (χ2v) is 4.85. The molecule has 0 radical (unpaired) electrons. The number of aliphatic carboxylic acids is 1. The highest BCUT2D eigenvalue weighted by Gasteiger charge is 2.21. The summed E-state index contributed by atoms with van der Waals surface area (Å²) in [6.07, 6.45) is 0.378. The normalized spacial score (nSPS) is 12.8. The molecule has 0 aromatic carbocycles. The van der Waals surface area contributed by atoms with Crippen LogP contribution in [0.15, 0.2) is 0 Å². The molecule has 17 heavy (non-hydrogen) atoms. The van der Waals surface area contributed by atoms with E-state index >= 15 is 0 Å². The molecule has 0 spiro atoms. The molecule has 100 valence electrons. The van der Waals surface area contributed by atoms with Crippen LogP contribution in [0.1, 0.15) is 34.1 Å². The Bertz CT molecular complexity index is 252. The van der Waals surface area contributed by atoms with E-state index in [0.717, 1.165) is 0 Å². The minimum atomic E-state index is -0.861. The van der Waals surface area contributed by atoms with Crippen molar-refractivity contribution in [3.8, 4) is 0 Å². The molecule has 0 aromatic heterocycles. The molecule has 1 unspecified atom stereocenters. The van der Waals surface area contributed by atoms with Gasteiger partial charge in [0.2, 0.25) is 5.91 Å². The van der Waals surface area contributed by atoms with E-state index in [1.54, 1.807) is 0 Å². The van der Waals surface area contributed by atoms with Crippen LogP contribution in [0.5, 0.6) is 0 Å². The van der Waals surface area contributed by atoms with Crippen LogP contribution in [0.25, 0.3) is 0 Å². The fourth-order valence-corrected chi connectivity index (χ4v) is 1.39. The van der Waals surface area contributed by atoms with Crippen molar-refractivity contribution in [2.75, 3.05) is 13.1 Å². The van der Waals surface area contributed by atoms with Crippen LogP contribution in [-0.4, -0.2) is 36.1 Å². The number of carbonyl (C=O) groups is 2. The Morgan fingerprint density at radius 2 is 1.76 bits per heavy atom. The summed E-state index contributed by atoms with van der Waals surface area (Å²) in [5.74, 6) is -1.47. The predicted molar refractivity (Wildman–Crippen MR) is 66.7 cm³/mol. The topological polar surface area (TPSA) is 78.4 Å². The molecule has 5 nitrogen and oxygen atoms in total. The molecule has 0 saturated heterocycles. The average molecular weight is 244 g/mol. The molecule has 0 rings (SSSR count). The van der Waals surface area contributed by atoms with E-state index in [9.17, 15) is 9.59 Å². The highest BCUT2D eigenvalue weighted by atomic mass is 16.4. The van der Waals surface area contributed by atoms with Gasteiger partial charge in [-0.3, -0.25) is 9.59 Å². The van der Waals surface area contributed by atoms with Crippen LogP contribution >= 0.6 is 0 Å². The lowest BCUT2D eigenvalue weighted by Gasteiger charge is -2.16. The highest BCUT2D eigenvalue weighted by Crippen LogP contribution is 2.09. The van der Waals surface area contributed by atoms with E-state index in [0.29, 0.717) is 19.0 Å². The Morgan fingerprint density at radius 1 is 1.18 bits per heavy atom. The van der Waals surface area contributed by atoms with Gasteiger partial charge in [-0.1, -0.05) is 27.7 Å². The van der Waals surface area contributed by atoms with Gasteiger partial charge >= 0.3 is 5.97 Å². The van der Waals surface area contributed by atoms with Crippen molar-refractivity contribution < 1.29 is 14.7 Å². The summed E-state index contributed by atoms with van der Waals surface area (Å²) in [5, 5.41) is 14.7. The van der Waals surface area contributed by atoms with E-state index in [1.165, 1.54) is 0 Å². The van der Waals surface area contributed by atoms with E-state index < -0.39 is 11.9 Å². The molecule has 0 bridgehead atoms. The largest absolute Gasteiger partial charge is 0.481 e. The maximum atomic E-state index is 11.4. The average Bonchev–Trinajstić information content (AvgIpc) is 2.15. The second-order valence-electron chi connectivity index (χ2n) is 4.85. The molecule has 3 N–H and O–H groups in total. The van der Waals surface area contributed by atoms with Crippen molar-refractivity contribution in [3.05, 3.63) is 0 Å². The summed E-state index contributed by atoms with van der Waals surface area (Å²) < 4.78 is 0. The first-order chi connectivity index (χ1) is 7.84. The molecule has 1 amide bonds. The monoisotopic (exact) mass is 244 g/mol. The first-order valence-corrected chi connectivity index (χ1v) is 6.07. The zero-order valence-electron chi connectivity index (χ0n) is 11.1. The van der Waals surface area contributed by atoms with Crippen molar-refractivity contribution in [3.63, 3.8) is 0 Å². The van der Waals surface area contributed by atoms with Crippen molar-refractivity contribution in [2.24, 2.45) is 11.8 Å². The maximum Gasteiger partial charge on any atom is 0.308 e. The SMILES string of the molecule is CC(C)NCCC(=O)NCC(C(=O)O)C(C)C. The van der Waals surface area contributed by atoms with Gasteiger partial charge in [-0.2, -0.15) is 0 Å². The first-order valence-electron chi connectivity index (χ1n) is 6.07. The van der Waals surface area contributed by atoms with Crippen LogP contribution in [-0.2, 0) is 9.59 Å². The lowest BCUT2D eigenvalue weighted by atomic mass is 9.96. The van der Waals surface area contributed by atoms with Gasteiger partial charge in [0.15, 0.2) is 0 Å². The number of rotatable bonds is 8. The number of hydrogen-bond donors (Lipinski definition) is 3. The summed E-state index contributed by atoms with van der Waals surface area (Å²) >= 11 is 0. The Hall–Kier alpha value is -1.10. The van der Waals surface area contributed by atoms with Crippen LogP contribution in [0.2, 0.25) is 0 Å². The molecule has 0 aliphatic carbocycles. The number of carboxylic acid groups (broad SMARTS) is 1. The first kappa shape index (κ1) is 15.9. The smallest absolute Gasteiger partial charge is 0.308 e. The van der Waals surface area contributed by atoms with E-state index in [4.69, 9.17) is 5.11 Å². The zero-order chi connectivity index (χ0) is 13.4. The van der Waals surface area contributed by atoms with Crippen molar-refractivity contribution >= 4 is 11.9 Å². The molecule has 0 aliphatic rings. The standard InChI is InChI=1S/C12H24N2O3/c1-8(2)10(12(16)17)7-14-11(15)5-6-13-9(3)4/h8-10,13H,5-7H2,1-4H3,(H,14,15)(H,16,17). The number of carboxylic acids is 1. The summed E-state index contributed by atoms with van der Waals surface area (Å²) in [6, 6.07) is 0.352. The maximum absolute atomic E-state index is 11.4. The molecule has 0 aliphatic heterocycles. The second kappa shape index (κ2) is 8.06. The summed E-state index contributed by atoms with van der Waals surface area (Å²) in [6.45, 7) is 8.52. The van der Waals surface area contributed by atoms with Gasteiger partial charge in [-0.15, -0.1) is 0 Å². The number of amides is 1. The van der Waals surface area contributed by atoms with E-state index in [-0.39, 0.29) is 18.4 Å². The van der Waals surface area contributed by atoms with Crippen molar-refractivity contribution in [2.45, 2.75) is 40.2 Å². The van der Waals surface area contributed by atoms with Crippen LogP contribution in [0, 0.1) is 11.8 Å². The van der Waals surface area contributed by atoms with Gasteiger partial charge in [0.05, 0.1) is 5.92 Å². The quantitative estimate of drug-likeness (QED) is 0.591. The van der Waals surface area contributed by atoms with Gasteiger partial charge in [0.25, 0.3) is 0 Å². The van der Waals surface area contributed by atoms with Gasteiger partial charge < -0.3 is 15.7 Å². The fourth-order valence-electron chi connectivity index (χ4n) is 1.39. The highest BCUT2D eigenvalue weighted by molar-refractivity contribution is 5.77. The predicted octanol–water partition coefficient (Wildman–Crippen LogP) is 0.847. The molecule has 5 heteroatoms. The number of hydrogen-bond acceptors (Lipinski definition) is 3. The van der Waals surface area contributed by atoms with Crippen LogP contribution < -0.4 is 10.6 Å². The van der Waals surface area contributed by atoms with Crippen LogP contribution in [0.3, 0.4) is 0 Å². The van der Waals surface area contributed by atoms with Gasteiger partial charge in [-0.25, -0.2) is 0 Å². The minimum Gasteiger partial charge on any atom is -0.481 e.